The summed E-state index contributed by atoms with van der Waals surface area (Å²) in [5.41, 5.74) is 0.963. The van der Waals surface area contributed by atoms with Crippen molar-refractivity contribution in [3.63, 3.8) is 0 Å². The van der Waals surface area contributed by atoms with Gasteiger partial charge in [-0.05, 0) is 36.6 Å². The molecule has 2 rings (SSSR count). The molecule has 1 amide bonds. The number of carbonyl (C=O) groups excluding carboxylic acids is 1. The van der Waals surface area contributed by atoms with Gasteiger partial charge in [-0.3, -0.25) is 9.78 Å². The van der Waals surface area contributed by atoms with E-state index in [-0.39, 0.29) is 24.2 Å². The monoisotopic (exact) mass is 404 g/mol. The van der Waals surface area contributed by atoms with Crippen molar-refractivity contribution in [2.24, 2.45) is 0 Å². The number of nitrogens with one attached hydrogen (secondary N) is 1. The first kappa shape index (κ1) is 22.1. The average molecular weight is 404 g/mol. The lowest BCUT2D eigenvalue weighted by molar-refractivity contribution is -0.0913. The number of hydrogen-bond donors (Lipinski definition) is 1. The minimum absolute atomic E-state index is 0.146. The van der Waals surface area contributed by atoms with Crippen LogP contribution >= 0.6 is 0 Å². The summed E-state index contributed by atoms with van der Waals surface area (Å²) in [6.45, 7) is 8.70. The van der Waals surface area contributed by atoms with E-state index in [4.69, 9.17) is 0 Å². The molecule has 154 valence electrons. The highest BCUT2D eigenvalue weighted by Gasteiger charge is 2.29. The van der Waals surface area contributed by atoms with Crippen LogP contribution in [-0.2, 0) is 6.54 Å². The van der Waals surface area contributed by atoms with E-state index in [0.29, 0.717) is 11.1 Å². The third-order valence-electron chi connectivity index (χ3n) is 4.06. The Morgan fingerprint density at radius 2 is 2.03 bits per heavy atom. The molecule has 0 atom stereocenters. The zero-order valence-electron chi connectivity index (χ0n) is 16.5. The zero-order chi connectivity index (χ0) is 21.6. The van der Waals surface area contributed by atoms with Crippen LogP contribution in [0.25, 0.3) is 0 Å². The average Bonchev–Trinajstić information content (AvgIpc) is 3.07. The number of amides is 1. The Kier molecular flexibility index (Phi) is 7.14. The molecule has 0 aliphatic carbocycles. The van der Waals surface area contributed by atoms with Crippen LogP contribution in [0.4, 0.5) is 19.0 Å². The second-order valence-electron chi connectivity index (χ2n) is 6.81. The van der Waals surface area contributed by atoms with Crippen molar-refractivity contribution < 1.29 is 18.0 Å². The molecule has 0 spiro atoms. The first-order valence-corrected chi connectivity index (χ1v) is 8.96. The number of rotatable bonds is 7. The van der Waals surface area contributed by atoms with Crippen LogP contribution in [0.15, 0.2) is 66.8 Å². The maximum absolute atomic E-state index is 12.8. The van der Waals surface area contributed by atoms with Crippen LogP contribution in [0.5, 0.6) is 0 Å². The van der Waals surface area contributed by atoms with Crippen molar-refractivity contribution in [1.82, 2.24) is 14.5 Å². The zero-order valence-corrected chi connectivity index (χ0v) is 16.5. The van der Waals surface area contributed by atoms with Gasteiger partial charge in [0.25, 0.3) is 5.91 Å². The molecule has 1 N–H and O–H groups in total. The van der Waals surface area contributed by atoms with E-state index in [1.807, 2.05) is 13.8 Å². The van der Waals surface area contributed by atoms with E-state index < -0.39 is 11.7 Å². The maximum Gasteiger partial charge on any atom is 0.412 e. The van der Waals surface area contributed by atoms with Crippen molar-refractivity contribution >= 4 is 11.7 Å². The highest BCUT2D eigenvalue weighted by Crippen LogP contribution is 2.26. The quantitative estimate of drug-likeness (QED) is 0.639. The normalized spacial score (nSPS) is 12.9. The molecule has 2 aromatic heterocycles. The number of imidazole rings is 1. The number of halogens is 3. The largest absolute Gasteiger partial charge is 0.412 e. The second kappa shape index (κ2) is 9.36. The first-order valence-electron chi connectivity index (χ1n) is 8.96. The summed E-state index contributed by atoms with van der Waals surface area (Å²) >= 11 is 0. The van der Waals surface area contributed by atoms with Gasteiger partial charge in [-0.15, -0.1) is 0 Å². The van der Waals surface area contributed by atoms with Crippen molar-refractivity contribution in [3.8, 4) is 0 Å². The van der Waals surface area contributed by atoms with Gasteiger partial charge in [-0.1, -0.05) is 32.6 Å². The van der Waals surface area contributed by atoms with Gasteiger partial charge in [-0.2, -0.15) is 13.2 Å². The Bertz CT molecular complexity index is 922. The fraction of sp³-hybridized carbons (Fsp3) is 0.286. The van der Waals surface area contributed by atoms with Gasteiger partial charge in [-0.25, -0.2) is 4.98 Å². The Labute approximate surface area is 167 Å². The third kappa shape index (κ3) is 6.44. The SMILES string of the molecule is C=C/C=C(\C=C(/C)C(F)(F)F)Cn1cnc(NC(=O)c2ccc(C(C)C)nc2)c1. The maximum atomic E-state index is 12.8. The summed E-state index contributed by atoms with van der Waals surface area (Å²) in [4.78, 5) is 20.7. The number of anilines is 1. The smallest absolute Gasteiger partial charge is 0.331 e. The molecule has 0 saturated heterocycles. The summed E-state index contributed by atoms with van der Waals surface area (Å²) in [6.07, 6.45) is 4.05. The van der Waals surface area contributed by atoms with E-state index in [2.05, 4.69) is 21.9 Å². The van der Waals surface area contributed by atoms with Crippen LogP contribution in [-0.4, -0.2) is 26.6 Å². The van der Waals surface area contributed by atoms with Gasteiger partial charge >= 0.3 is 6.18 Å². The summed E-state index contributed by atoms with van der Waals surface area (Å²) < 4.78 is 39.9. The van der Waals surface area contributed by atoms with Gasteiger partial charge < -0.3 is 9.88 Å². The van der Waals surface area contributed by atoms with E-state index in [1.165, 1.54) is 24.7 Å². The molecule has 0 aliphatic heterocycles. The molecule has 0 aromatic carbocycles. The van der Waals surface area contributed by atoms with E-state index >= 15 is 0 Å². The minimum Gasteiger partial charge on any atom is -0.331 e. The number of pyridine rings is 1. The van der Waals surface area contributed by atoms with Crippen molar-refractivity contribution in [3.05, 3.63) is 78.1 Å². The lowest BCUT2D eigenvalue weighted by Gasteiger charge is -2.09. The molecular weight excluding hydrogens is 381 g/mol. The Hall–Kier alpha value is -3.16. The summed E-state index contributed by atoms with van der Waals surface area (Å²) in [5.74, 6) is 0.181. The number of alkyl halides is 3. The molecular formula is C21H23F3N4O. The topological polar surface area (TPSA) is 59.8 Å². The summed E-state index contributed by atoms with van der Waals surface area (Å²) in [6, 6.07) is 3.48. The van der Waals surface area contributed by atoms with Gasteiger partial charge in [0, 0.05) is 30.2 Å². The lowest BCUT2D eigenvalue weighted by Crippen LogP contribution is -2.13. The molecule has 0 bridgehead atoms. The molecule has 5 nitrogen and oxygen atoms in total. The number of carbonyl (C=O) groups is 1. The third-order valence-corrected chi connectivity index (χ3v) is 4.06. The molecule has 0 saturated carbocycles. The number of aromatic nitrogens is 3. The van der Waals surface area contributed by atoms with Crippen molar-refractivity contribution in [1.29, 1.82) is 0 Å². The number of hydrogen-bond acceptors (Lipinski definition) is 3. The highest BCUT2D eigenvalue weighted by molar-refractivity contribution is 6.03. The van der Waals surface area contributed by atoms with Crippen LogP contribution in [0, 0.1) is 0 Å². The molecule has 0 unspecified atom stereocenters. The first-order chi connectivity index (χ1) is 13.6. The predicted molar refractivity (Wildman–Crippen MR) is 107 cm³/mol. The lowest BCUT2D eigenvalue weighted by atomic mass is 10.1. The summed E-state index contributed by atoms with van der Waals surface area (Å²) in [7, 11) is 0. The van der Waals surface area contributed by atoms with Crippen LogP contribution < -0.4 is 5.32 Å². The standard InChI is InChI=1S/C21H23F3N4O/c1-5-6-16(9-15(4)21(22,23)24)11-28-12-19(26-13-28)27-20(29)17-7-8-18(14(2)3)25-10-17/h5-10,12-14H,1,11H2,2-4H3,(H,27,29)/b15-9+,16-6+. The molecule has 0 radical (unpaired) electrons. The van der Waals surface area contributed by atoms with Crippen molar-refractivity contribution in [2.45, 2.75) is 39.4 Å². The van der Waals surface area contributed by atoms with Crippen LogP contribution in [0.2, 0.25) is 0 Å². The van der Waals surface area contributed by atoms with Gasteiger partial charge in [0.1, 0.15) is 0 Å². The fourth-order valence-electron chi connectivity index (χ4n) is 2.45. The number of nitrogens with zero attached hydrogens (tertiary/aromatic N) is 3. The van der Waals surface area contributed by atoms with Gasteiger partial charge in [0.05, 0.1) is 11.9 Å². The van der Waals surface area contributed by atoms with Gasteiger partial charge in [0.2, 0.25) is 0 Å². The van der Waals surface area contributed by atoms with E-state index in [9.17, 15) is 18.0 Å². The highest BCUT2D eigenvalue weighted by atomic mass is 19.4. The summed E-state index contributed by atoms with van der Waals surface area (Å²) in [5, 5.41) is 2.65. The molecule has 0 aliphatic rings. The van der Waals surface area contributed by atoms with E-state index in [1.54, 1.807) is 22.9 Å². The van der Waals surface area contributed by atoms with E-state index in [0.717, 1.165) is 18.7 Å². The predicted octanol–water partition coefficient (Wildman–Crippen LogP) is 5.27. The number of allylic oxidation sites excluding steroid dienone is 5. The molecule has 8 heteroatoms. The van der Waals surface area contributed by atoms with Gasteiger partial charge in [0.15, 0.2) is 5.82 Å². The Morgan fingerprint density at radius 1 is 1.31 bits per heavy atom. The van der Waals surface area contributed by atoms with Crippen molar-refractivity contribution in [2.75, 3.05) is 5.32 Å². The Morgan fingerprint density at radius 3 is 2.59 bits per heavy atom. The molecule has 29 heavy (non-hydrogen) atoms. The Balaban J connectivity index is 2.08. The molecule has 0 fully saturated rings. The molecule has 2 aromatic rings. The fourth-order valence-corrected chi connectivity index (χ4v) is 2.45. The van der Waals surface area contributed by atoms with Crippen LogP contribution in [0.3, 0.4) is 0 Å². The second-order valence-corrected chi connectivity index (χ2v) is 6.81. The molecule has 2 heterocycles. The minimum atomic E-state index is -4.40. The van der Waals surface area contributed by atoms with Crippen LogP contribution in [0.1, 0.15) is 42.7 Å².